The van der Waals surface area contributed by atoms with E-state index in [1.165, 1.54) is 0 Å². The molecule has 2 rings (SSSR count). The summed E-state index contributed by atoms with van der Waals surface area (Å²) < 4.78 is 5.26. The summed E-state index contributed by atoms with van der Waals surface area (Å²) in [7, 11) is 0. The number of rotatable bonds is 3. The van der Waals surface area contributed by atoms with Crippen LogP contribution in [0.2, 0.25) is 0 Å². The van der Waals surface area contributed by atoms with E-state index in [2.05, 4.69) is 4.90 Å². The molecule has 1 saturated heterocycles. The Morgan fingerprint density at radius 2 is 2.43 bits per heavy atom. The Hall–Kier alpha value is -1.29. The molecular weight excluding hydrogens is 182 g/mol. The van der Waals surface area contributed by atoms with Crippen molar-refractivity contribution < 1.29 is 14.3 Å². The lowest BCUT2D eigenvalue weighted by Crippen LogP contribution is -2.51. The van der Waals surface area contributed by atoms with Crippen LogP contribution in [0, 0.1) is 5.92 Å². The number of furan rings is 1. The SMILES string of the molecule is C[C@H](c1ccco1)N1CC(C(=O)O)C1. The van der Waals surface area contributed by atoms with Crippen molar-refractivity contribution in [1.29, 1.82) is 0 Å². The van der Waals surface area contributed by atoms with E-state index in [0.29, 0.717) is 13.1 Å². The van der Waals surface area contributed by atoms with Crippen LogP contribution in [0.15, 0.2) is 22.8 Å². The molecular formula is C10H13NO3. The highest BCUT2D eigenvalue weighted by atomic mass is 16.4. The monoisotopic (exact) mass is 195 g/mol. The van der Waals surface area contributed by atoms with Crippen LogP contribution in [0.5, 0.6) is 0 Å². The predicted molar refractivity (Wildman–Crippen MR) is 49.8 cm³/mol. The summed E-state index contributed by atoms with van der Waals surface area (Å²) in [6.07, 6.45) is 1.64. The molecule has 1 aliphatic heterocycles. The zero-order valence-corrected chi connectivity index (χ0v) is 8.01. The smallest absolute Gasteiger partial charge is 0.309 e. The van der Waals surface area contributed by atoms with Gasteiger partial charge in [-0.05, 0) is 19.1 Å². The lowest BCUT2D eigenvalue weighted by Gasteiger charge is -2.40. The molecule has 76 valence electrons. The molecule has 0 bridgehead atoms. The Kier molecular flexibility index (Phi) is 2.29. The summed E-state index contributed by atoms with van der Waals surface area (Å²) in [4.78, 5) is 12.7. The fraction of sp³-hybridized carbons (Fsp3) is 0.500. The molecule has 14 heavy (non-hydrogen) atoms. The summed E-state index contributed by atoms with van der Waals surface area (Å²) in [6, 6.07) is 3.94. The molecule has 0 amide bonds. The van der Waals surface area contributed by atoms with Gasteiger partial charge in [0.2, 0.25) is 0 Å². The minimum Gasteiger partial charge on any atom is -0.481 e. The topological polar surface area (TPSA) is 53.7 Å². The highest BCUT2D eigenvalue weighted by Gasteiger charge is 2.36. The molecule has 1 aliphatic rings. The second-order valence-electron chi connectivity index (χ2n) is 3.68. The van der Waals surface area contributed by atoms with Crippen molar-refractivity contribution >= 4 is 5.97 Å². The maximum atomic E-state index is 10.6. The van der Waals surface area contributed by atoms with Crippen LogP contribution < -0.4 is 0 Å². The molecule has 4 nitrogen and oxygen atoms in total. The van der Waals surface area contributed by atoms with E-state index in [1.807, 2.05) is 19.1 Å². The molecule has 0 radical (unpaired) electrons. The van der Waals surface area contributed by atoms with E-state index in [9.17, 15) is 4.79 Å². The second-order valence-corrected chi connectivity index (χ2v) is 3.68. The van der Waals surface area contributed by atoms with E-state index in [0.717, 1.165) is 5.76 Å². The lowest BCUT2D eigenvalue weighted by molar-refractivity contribution is -0.148. The molecule has 0 spiro atoms. The van der Waals surface area contributed by atoms with Crippen molar-refractivity contribution in [2.75, 3.05) is 13.1 Å². The molecule has 2 heterocycles. The molecule has 0 saturated carbocycles. The molecule has 1 aromatic rings. The first-order chi connectivity index (χ1) is 6.68. The number of carboxylic acid groups (broad SMARTS) is 1. The second kappa shape index (κ2) is 3.46. The summed E-state index contributed by atoms with van der Waals surface area (Å²) >= 11 is 0. The van der Waals surface area contributed by atoms with Crippen molar-refractivity contribution in [3.63, 3.8) is 0 Å². The molecule has 0 aliphatic carbocycles. The van der Waals surface area contributed by atoms with Crippen molar-refractivity contribution in [2.45, 2.75) is 13.0 Å². The fourth-order valence-electron chi connectivity index (χ4n) is 1.69. The van der Waals surface area contributed by atoms with Crippen LogP contribution in [-0.2, 0) is 4.79 Å². The van der Waals surface area contributed by atoms with Crippen molar-refractivity contribution in [3.8, 4) is 0 Å². The predicted octanol–water partition coefficient (Wildman–Crippen LogP) is 1.36. The van der Waals surface area contributed by atoms with Gasteiger partial charge in [0.1, 0.15) is 5.76 Å². The molecule has 0 unspecified atom stereocenters. The van der Waals surface area contributed by atoms with Gasteiger partial charge < -0.3 is 9.52 Å². The normalized spacial score (nSPS) is 20.4. The molecule has 4 heteroatoms. The lowest BCUT2D eigenvalue weighted by atomic mass is 9.97. The first kappa shape index (κ1) is 9.27. The molecule has 0 aromatic carbocycles. The number of aliphatic carboxylic acids is 1. The average Bonchev–Trinajstić information content (AvgIpc) is 2.51. The van der Waals surface area contributed by atoms with Gasteiger partial charge in [-0.3, -0.25) is 9.69 Å². The summed E-state index contributed by atoms with van der Waals surface area (Å²) in [5.41, 5.74) is 0. The van der Waals surface area contributed by atoms with Gasteiger partial charge in [0.05, 0.1) is 18.2 Å². The van der Waals surface area contributed by atoms with Gasteiger partial charge in [0.15, 0.2) is 0 Å². The summed E-state index contributed by atoms with van der Waals surface area (Å²) in [6.45, 7) is 3.27. The van der Waals surface area contributed by atoms with Gasteiger partial charge in [0, 0.05) is 13.1 Å². The third-order valence-corrected chi connectivity index (χ3v) is 2.76. The first-order valence-electron chi connectivity index (χ1n) is 4.68. The van der Waals surface area contributed by atoms with E-state index in [1.54, 1.807) is 6.26 Å². The Morgan fingerprint density at radius 1 is 1.71 bits per heavy atom. The van der Waals surface area contributed by atoms with Crippen LogP contribution in [0.1, 0.15) is 18.7 Å². The highest BCUT2D eigenvalue weighted by Crippen LogP contribution is 2.28. The Labute approximate surface area is 82.1 Å². The zero-order valence-electron chi connectivity index (χ0n) is 8.01. The summed E-state index contributed by atoms with van der Waals surface area (Å²) in [5.74, 6) is -0.00542. The molecule has 1 atom stereocenters. The minimum absolute atomic E-state index is 0.181. The third-order valence-electron chi connectivity index (χ3n) is 2.76. The average molecular weight is 195 g/mol. The van der Waals surface area contributed by atoms with Crippen LogP contribution in [0.25, 0.3) is 0 Å². The number of likely N-dealkylation sites (tertiary alicyclic amines) is 1. The van der Waals surface area contributed by atoms with Gasteiger partial charge >= 0.3 is 5.97 Å². The number of carbonyl (C=O) groups is 1. The van der Waals surface area contributed by atoms with E-state index < -0.39 is 5.97 Å². The van der Waals surface area contributed by atoms with Crippen LogP contribution >= 0.6 is 0 Å². The van der Waals surface area contributed by atoms with Crippen LogP contribution in [0.4, 0.5) is 0 Å². The quantitative estimate of drug-likeness (QED) is 0.791. The van der Waals surface area contributed by atoms with Crippen molar-refractivity contribution in [2.24, 2.45) is 5.92 Å². The highest BCUT2D eigenvalue weighted by molar-refractivity contribution is 5.71. The van der Waals surface area contributed by atoms with Crippen LogP contribution in [-0.4, -0.2) is 29.1 Å². The number of carboxylic acids is 1. The standard InChI is InChI=1S/C10H13NO3/c1-7(9-3-2-4-14-9)11-5-8(6-11)10(12)13/h2-4,7-8H,5-6H2,1H3,(H,12,13)/t7-/m1/s1. The van der Waals surface area contributed by atoms with Gasteiger partial charge in [0.25, 0.3) is 0 Å². The Bertz CT molecular complexity index is 314. The van der Waals surface area contributed by atoms with Gasteiger partial charge in [-0.2, -0.15) is 0 Å². The molecule has 1 N–H and O–H groups in total. The zero-order chi connectivity index (χ0) is 10.1. The maximum Gasteiger partial charge on any atom is 0.309 e. The minimum atomic E-state index is -0.701. The van der Waals surface area contributed by atoms with Gasteiger partial charge in [-0.15, -0.1) is 0 Å². The third kappa shape index (κ3) is 1.53. The van der Waals surface area contributed by atoms with Crippen LogP contribution in [0.3, 0.4) is 0 Å². The van der Waals surface area contributed by atoms with Crippen molar-refractivity contribution in [3.05, 3.63) is 24.2 Å². The molecule has 1 fully saturated rings. The van der Waals surface area contributed by atoms with Gasteiger partial charge in [-0.1, -0.05) is 0 Å². The number of hydrogen-bond acceptors (Lipinski definition) is 3. The largest absolute Gasteiger partial charge is 0.481 e. The number of hydrogen-bond donors (Lipinski definition) is 1. The Balaban J connectivity index is 1.91. The summed E-state index contributed by atoms with van der Waals surface area (Å²) in [5, 5.41) is 8.71. The van der Waals surface area contributed by atoms with E-state index in [4.69, 9.17) is 9.52 Å². The first-order valence-corrected chi connectivity index (χ1v) is 4.68. The van der Waals surface area contributed by atoms with E-state index in [-0.39, 0.29) is 12.0 Å². The fourth-order valence-corrected chi connectivity index (χ4v) is 1.69. The Morgan fingerprint density at radius 3 is 2.93 bits per heavy atom. The molecule has 1 aromatic heterocycles. The van der Waals surface area contributed by atoms with Gasteiger partial charge in [-0.25, -0.2) is 0 Å². The number of nitrogens with zero attached hydrogens (tertiary/aromatic N) is 1. The van der Waals surface area contributed by atoms with Crippen molar-refractivity contribution in [1.82, 2.24) is 4.90 Å². The van der Waals surface area contributed by atoms with E-state index >= 15 is 0 Å². The maximum absolute atomic E-state index is 10.6.